The summed E-state index contributed by atoms with van der Waals surface area (Å²) in [6, 6.07) is 8.23. The van der Waals surface area contributed by atoms with E-state index in [1.54, 1.807) is 27.9 Å². The molecule has 3 aromatic rings. The summed E-state index contributed by atoms with van der Waals surface area (Å²) in [6.07, 6.45) is 7.54. The topological polar surface area (TPSA) is 134 Å². The molecule has 1 aromatic carbocycles. The summed E-state index contributed by atoms with van der Waals surface area (Å²) in [6.45, 7) is 19.9. The van der Waals surface area contributed by atoms with Gasteiger partial charge in [-0.2, -0.15) is 0 Å². The number of nitrogens with one attached hydrogen (secondary N) is 1. The molecule has 1 saturated heterocycles. The molecule has 0 bridgehead atoms. The average molecular weight is 776 g/mol. The van der Waals surface area contributed by atoms with Crippen LogP contribution in [-0.4, -0.2) is 104 Å². The minimum absolute atomic E-state index is 0.157. The summed E-state index contributed by atoms with van der Waals surface area (Å²) >= 11 is 0. The van der Waals surface area contributed by atoms with Crippen LogP contribution in [0.5, 0.6) is 0 Å². The van der Waals surface area contributed by atoms with Gasteiger partial charge >= 0.3 is 18.0 Å². The van der Waals surface area contributed by atoms with Gasteiger partial charge in [-0.05, 0) is 89.3 Å². The van der Waals surface area contributed by atoms with Crippen LogP contribution in [0.4, 0.5) is 10.5 Å². The van der Waals surface area contributed by atoms with Gasteiger partial charge in [0.05, 0.1) is 49.4 Å². The van der Waals surface area contributed by atoms with Gasteiger partial charge in [0.2, 0.25) is 0 Å². The Bertz CT molecular complexity index is 1880. The minimum Gasteiger partial charge on any atom is -0.498 e. The Kier molecular flexibility index (Phi) is 13.7. The number of esters is 2. The molecule has 13 heteroatoms. The number of alkyl carbamates (subject to hydrolysis) is 1. The number of piperazine rings is 1. The predicted octanol–water partition coefficient (Wildman–Crippen LogP) is 6.90. The van der Waals surface area contributed by atoms with Crippen molar-refractivity contribution in [1.29, 1.82) is 0 Å². The lowest BCUT2D eigenvalue weighted by atomic mass is 9.84. The molecule has 1 aliphatic heterocycles. The highest BCUT2D eigenvalue weighted by atomic mass is 16.6. The van der Waals surface area contributed by atoms with Crippen molar-refractivity contribution in [3.8, 4) is 11.3 Å². The van der Waals surface area contributed by atoms with Crippen LogP contribution in [0.25, 0.3) is 28.2 Å². The Balaban J connectivity index is 1.53. The summed E-state index contributed by atoms with van der Waals surface area (Å²) in [5.74, 6) is -0.964. The number of carbonyl (C=O) groups is 3. The zero-order valence-electron chi connectivity index (χ0n) is 34.9. The molecule has 2 aromatic heterocycles. The summed E-state index contributed by atoms with van der Waals surface area (Å²) in [5.41, 5.74) is 5.95. The third-order valence-corrected chi connectivity index (χ3v) is 10.3. The van der Waals surface area contributed by atoms with Crippen LogP contribution in [0.15, 0.2) is 36.7 Å². The number of methoxy groups -OCH3 is 2. The number of anilines is 1. The third-order valence-electron chi connectivity index (χ3n) is 10.3. The fourth-order valence-electron chi connectivity index (χ4n) is 7.27. The minimum atomic E-state index is -1.07. The van der Waals surface area contributed by atoms with Crippen LogP contribution in [0.3, 0.4) is 0 Å². The Labute approximate surface area is 331 Å². The van der Waals surface area contributed by atoms with Gasteiger partial charge in [-0.1, -0.05) is 19.9 Å². The number of hydrogen-bond acceptors (Lipinski definition) is 11. The van der Waals surface area contributed by atoms with E-state index in [4.69, 9.17) is 28.7 Å². The highest BCUT2D eigenvalue weighted by Gasteiger charge is 2.33. The Morgan fingerprint density at radius 1 is 1.04 bits per heavy atom. The van der Waals surface area contributed by atoms with E-state index in [1.165, 1.54) is 33.1 Å². The van der Waals surface area contributed by atoms with Crippen LogP contribution in [0.1, 0.15) is 91.2 Å². The number of ether oxygens (including phenoxy) is 5. The van der Waals surface area contributed by atoms with Gasteiger partial charge in [-0.15, -0.1) is 0 Å². The van der Waals surface area contributed by atoms with Crippen molar-refractivity contribution >= 4 is 40.7 Å². The number of aryl methyl sites for hydroxylation is 1. The largest absolute Gasteiger partial charge is 0.498 e. The monoisotopic (exact) mass is 775 g/mol. The molecule has 2 aliphatic rings. The number of carbonyl (C=O) groups excluding carboxylic acids is 3. The lowest BCUT2D eigenvalue weighted by molar-refractivity contribution is -0.144. The number of nitrogens with zero attached hydrogens (tertiary/aromatic N) is 4. The highest BCUT2D eigenvalue weighted by molar-refractivity contribution is 5.94. The van der Waals surface area contributed by atoms with E-state index >= 15 is 0 Å². The number of benzene rings is 1. The SMILES string of the molecule is CCn1c(-c2cc(N3CCN(C4CC4)CC3)cnc2[C@H](C)OC)c(CC(C)(C)COC(C)=O)c2cc(/C=C/OC[C@H](NC(=O)OC(C)(C)C)C(=O)OC)ccc21. The van der Waals surface area contributed by atoms with Gasteiger partial charge in [-0.25, -0.2) is 9.59 Å². The fourth-order valence-corrected chi connectivity index (χ4v) is 7.27. The maximum Gasteiger partial charge on any atom is 0.408 e. The van der Waals surface area contributed by atoms with E-state index in [0.29, 0.717) is 13.0 Å². The number of hydrogen-bond donors (Lipinski definition) is 1. The molecule has 1 saturated carbocycles. The quantitative estimate of drug-likeness (QED) is 0.0926. The van der Waals surface area contributed by atoms with E-state index < -0.39 is 29.1 Å². The van der Waals surface area contributed by atoms with Crippen LogP contribution in [0.2, 0.25) is 0 Å². The van der Waals surface area contributed by atoms with Crippen molar-refractivity contribution in [2.75, 3.05) is 58.5 Å². The first kappa shape index (κ1) is 42.5. The molecular formula is C43H61N5O8. The first-order valence-electron chi connectivity index (χ1n) is 19.7. The van der Waals surface area contributed by atoms with Gasteiger partial charge in [-0.3, -0.25) is 14.7 Å². The first-order chi connectivity index (χ1) is 26.5. The van der Waals surface area contributed by atoms with Crippen LogP contribution in [-0.2, 0) is 46.2 Å². The molecule has 2 fully saturated rings. The number of amides is 1. The Morgan fingerprint density at radius 3 is 2.36 bits per heavy atom. The lowest BCUT2D eigenvalue weighted by Crippen LogP contribution is -2.47. The molecule has 56 heavy (non-hydrogen) atoms. The second kappa shape index (κ2) is 18.1. The van der Waals surface area contributed by atoms with Gasteiger partial charge in [0.25, 0.3) is 0 Å². The maximum absolute atomic E-state index is 12.4. The summed E-state index contributed by atoms with van der Waals surface area (Å²) < 4.78 is 29.8. The molecule has 306 valence electrons. The molecule has 2 atom stereocenters. The molecule has 0 radical (unpaired) electrons. The standard InChI is InChI=1S/C43H61N5O8/c1-11-48-37-15-12-30(16-21-54-26-36(40(50)53-10)45-41(51)56-42(4,5)6)22-33(37)35(24-43(7,8)27-55-29(3)49)39(48)34-23-32(25-44-38(34)28(2)52-9)47-19-17-46(18-20-47)31-13-14-31/h12,15-16,21-23,25,28,31,36H,11,13-14,17-20,24,26-27H2,1-10H3,(H,45,51)/b21-16+/t28-,36-/m0/s1. The van der Waals surface area contributed by atoms with Crippen molar-refractivity contribution in [1.82, 2.24) is 19.8 Å². The number of fused-ring (bicyclic) bond motifs is 1. The second-order valence-electron chi connectivity index (χ2n) is 16.6. The van der Waals surface area contributed by atoms with Gasteiger partial charge < -0.3 is 38.5 Å². The normalized spacial score (nSPS) is 16.5. The van der Waals surface area contributed by atoms with Crippen molar-refractivity contribution in [3.63, 3.8) is 0 Å². The molecule has 1 aliphatic carbocycles. The van der Waals surface area contributed by atoms with E-state index in [0.717, 1.165) is 76.9 Å². The molecule has 5 rings (SSSR count). The van der Waals surface area contributed by atoms with E-state index in [-0.39, 0.29) is 25.3 Å². The number of pyridine rings is 1. The van der Waals surface area contributed by atoms with Gasteiger partial charge in [0, 0.05) is 74.7 Å². The molecule has 1 N–H and O–H groups in total. The van der Waals surface area contributed by atoms with Crippen LogP contribution < -0.4 is 10.2 Å². The zero-order chi connectivity index (χ0) is 40.8. The molecule has 3 heterocycles. The fraction of sp³-hybridized carbons (Fsp3) is 0.581. The van der Waals surface area contributed by atoms with Gasteiger partial charge in [0.1, 0.15) is 12.2 Å². The van der Waals surface area contributed by atoms with Crippen molar-refractivity contribution in [2.24, 2.45) is 5.41 Å². The van der Waals surface area contributed by atoms with Gasteiger partial charge in [0.15, 0.2) is 6.04 Å². The number of aromatic nitrogens is 2. The highest BCUT2D eigenvalue weighted by Crippen LogP contribution is 2.42. The third kappa shape index (κ3) is 10.8. The molecular weight excluding hydrogens is 715 g/mol. The molecule has 13 nitrogen and oxygen atoms in total. The Hall–Kier alpha value is -4.62. The van der Waals surface area contributed by atoms with E-state index in [9.17, 15) is 14.4 Å². The lowest BCUT2D eigenvalue weighted by Gasteiger charge is -2.36. The van der Waals surface area contributed by atoms with Crippen LogP contribution in [0, 0.1) is 5.41 Å². The van der Waals surface area contributed by atoms with Crippen molar-refractivity contribution in [3.05, 3.63) is 53.5 Å². The Morgan fingerprint density at radius 2 is 1.75 bits per heavy atom. The molecule has 0 spiro atoms. The van der Waals surface area contributed by atoms with E-state index in [2.05, 4.69) is 58.7 Å². The predicted molar refractivity (Wildman–Crippen MR) is 217 cm³/mol. The second-order valence-corrected chi connectivity index (χ2v) is 16.6. The first-order valence-corrected chi connectivity index (χ1v) is 19.7. The average Bonchev–Trinajstić information content (AvgIpc) is 3.97. The summed E-state index contributed by atoms with van der Waals surface area (Å²) in [7, 11) is 2.96. The molecule has 1 amide bonds. The van der Waals surface area contributed by atoms with E-state index in [1.807, 2.05) is 25.3 Å². The summed E-state index contributed by atoms with van der Waals surface area (Å²) in [4.78, 5) is 46.9. The maximum atomic E-state index is 12.4. The van der Waals surface area contributed by atoms with Crippen LogP contribution >= 0.6 is 0 Å². The number of rotatable bonds is 16. The summed E-state index contributed by atoms with van der Waals surface area (Å²) in [5, 5.41) is 3.58. The molecule has 0 unspecified atom stereocenters. The van der Waals surface area contributed by atoms with Crippen molar-refractivity contribution in [2.45, 2.75) is 105 Å². The van der Waals surface area contributed by atoms with Crippen molar-refractivity contribution < 1.29 is 38.1 Å². The zero-order valence-corrected chi connectivity index (χ0v) is 34.9. The smallest absolute Gasteiger partial charge is 0.408 e.